The summed E-state index contributed by atoms with van der Waals surface area (Å²) in [5, 5.41) is 13.0. The first kappa shape index (κ1) is 15.8. The van der Waals surface area contributed by atoms with Crippen LogP contribution in [0.25, 0.3) is 11.6 Å². The minimum absolute atomic E-state index is 0.00238. The molecule has 3 rings (SSSR count). The van der Waals surface area contributed by atoms with Crippen molar-refractivity contribution in [2.75, 3.05) is 0 Å². The molecule has 0 saturated carbocycles. The van der Waals surface area contributed by atoms with Gasteiger partial charge < -0.3 is 9.84 Å². The first-order chi connectivity index (χ1) is 11.5. The standard InChI is InChI=1S/C15H15FN6O2/c1-8(2)11(19-14(23)9-3-5-10(16)6-4-9)15-20-13(22-24-15)12-17-7-18-21-12/h3-8,11H,1-2H3,(H,19,23)(H,17,18,21). The summed E-state index contributed by atoms with van der Waals surface area (Å²) < 4.78 is 18.2. The van der Waals surface area contributed by atoms with Crippen LogP contribution in [0.15, 0.2) is 35.1 Å². The zero-order valence-corrected chi connectivity index (χ0v) is 13.0. The highest BCUT2D eigenvalue weighted by Gasteiger charge is 2.25. The van der Waals surface area contributed by atoms with Crippen LogP contribution in [0.3, 0.4) is 0 Å². The molecule has 0 fully saturated rings. The number of hydrogen-bond donors (Lipinski definition) is 2. The Hall–Kier alpha value is -3.10. The molecule has 0 spiro atoms. The van der Waals surface area contributed by atoms with Crippen LogP contribution >= 0.6 is 0 Å². The number of H-pyrrole nitrogens is 1. The van der Waals surface area contributed by atoms with Gasteiger partial charge >= 0.3 is 0 Å². The van der Waals surface area contributed by atoms with E-state index in [1.165, 1.54) is 30.6 Å². The summed E-state index contributed by atoms with van der Waals surface area (Å²) in [6.07, 6.45) is 1.33. The summed E-state index contributed by atoms with van der Waals surface area (Å²) in [6.45, 7) is 3.82. The average molecular weight is 330 g/mol. The van der Waals surface area contributed by atoms with E-state index in [0.717, 1.165) is 0 Å². The fourth-order valence-electron chi connectivity index (χ4n) is 2.11. The van der Waals surface area contributed by atoms with E-state index in [4.69, 9.17) is 4.52 Å². The number of amides is 1. The molecule has 2 aromatic heterocycles. The Morgan fingerprint density at radius 2 is 2.04 bits per heavy atom. The Balaban J connectivity index is 1.80. The van der Waals surface area contributed by atoms with Crippen molar-refractivity contribution in [3.05, 3.63) is 47.9 Å². The van der Waals surface area contributed by atoms with Gasteiger partial charge in [0, 0.05) is 5.56 Å². The Kier molecular flexibility index (Phi) is 4.32. The lowest BCUT2D eigenvalue weighted by Gasteiger charge is -2.18. The predicted molar refractivity (Wildman–Crippen MR) is 81.1 cm³/mol. The van der Waals surface area contributed by atoms with Gasteiger partial charge in [0.2, 0.25) is 11.7 Å². The third kappa shape index (κ3) is 3.29. The maximum absolute atomic E-state index is 13.0. The second kappa shape index (κ2) is 6.57. The number of hydrogen-bond acceptors (Lipinski definition) is 6. The van der Waals surface area contributed by atoms with Gasteiger partial charge in [-0.1, -0.05) is 19.0 Å². The molecule has 124 valence electrons. The van der Waals surface area contributed by atoms with E-state index < -0.39 is 11.9 Å². The molecule has 1 unspecified atom stereocenters. The van der Waals surface area contributed by atoms with Crippen LogP contribution < -0.4 is 5.32 Å². The van der Waals surface area contributed by atoms with E-state index in [-0.39, 0.29) is 23.5 Å². The summed E-state index contributed by atoms with van der Waals surface area (Å²) in [6, 6.07) is 4.79. The molecule has 0 bridgehead atoms. The number of carbonyl (C=O) groups excluding carboxylic acids is 1. The third-order valence-corrected chi connectivity index (χ3v) is 3.39. The lowest BCUT2D eigenvalue weighted by Crippen LogP contribution is -2.32. The van der Waals surface area contributed by atoms with E-state index in [1.54, 1.807) is 0 Å². The second-order valence-electron chi connectivity index (χ2n) is 5.49. The molecule has 8 nitrogen and oxygen atoms in total. The molecule has 24 heavy (non-hydrogen) atoms. The Labute approximate surface area is 136 Å². The maximum atomic E-state index is 13.0. The SMILES string of the molecule is CC(C)C(NC(=O)c1ccc(F)cc1)c1nc(-c2ncn[nH]2)no1. The number of nitrogens with zero attached hydrogens (tertiary/aromatic N) is 4. The minimum Gasteiger partial charge on any atom is -0.340 e. The van der Waals surface area contributed by atoms with Gasteiger partial charge in [0.25, 0.3) is 5.91 Å². The van der Waals surface area contributed by atoms with E-state index in [2.05, 4.69) is 30.6 Å². The zero-order valence-electron chi connectivity index (χ0n) is 13.0. The molecular weight excluding hydrogens is 315 g/mol. The topological polar surface area (TPSA) is 110 Å². The van der Waals surface area contributed by atoms with Crippen molar-refractivity contribution in [3.63, 3.8) is 0 Å². The monoisotopic (exact) mass is 330 g/mol. The molecule has 0 aliphatic carbocycles. The van der Waals surface area contributed by atoms with Gasteiger partial charge in [-0.25, -0.2) is 9.37 Å². The molecule has 3 aromatic rings. The van der Waals surface area contributed by atoms with Gasteiger partial charge in [-0.15, -0.1) is 0 Å². The van der Waals surface area contributed by atoms with Crippen molar-refractivity contribution in [3.8, 4) is 11.6 Å². The van der Waals surface area contributed by atoms with Crippen LogP contribution in [0.4, 0.5) is 4.39 Å². The number of carbonyl (C=O) groups is 1. The summed E-state index contributed by atoms with van der Waals surface area (Å²) in [5.41, 5.74) is 0.344. The second-order valence-corrected chi connectivity index (χ2v) is 5.49. The summed E-state index contributed by atoms with van der Waals surface area (Å²) in [7, 11) is 0. The van der Waals surface area contributed by atoms with E-state index in [1.807, 2.05) is 13.8 Å². The van der Waals surface area contributed by atoms with Crippen LogP contribution in [-0.2, 0) is 0 Å². The number of rotatable bonds is 5. The lowest BCUT2D eigenvalue weighted by molar-refractivity contribution is 0.0914. The predicted octanol–water partition coefficient (Wildman–Crippen LogP) is 2.12. The van der Waals surface area contributed by atoms with Crippen molar-refractivity contribution in [1.82, 2.24) is 30.6 Å². The number of aromatic nitrogens is 5. The summed E-state index contributed by atoms with van der Waals surface area (Å²) in [4.78, 5) is 20.5. The first-order valence-corrected chi connectivity index (χ1v) is 7.30. The number of nitrogens with one attached hydrogen (secondary N) is 2. The molecule has 0 aliphatic heterocycles. The number of aromatic amines is 1. The average Bonchev–Trinajstić information content (AvgIpc) is 3.23. The largest absolute Gasteiger partial charge is 0.340 e. The summed E-state index contributed by atoms with van der Waals surface area (Å²) in [5.74, 6) is 0.125. The normalized spacial score (nSPS) is 12.3. The Bertz CT molecular complexity index is 813. The Morgan fingerprint density at radius 1 is 1.29 bits per heavy atom. The quantitative estimate of drug-likeness (QED) is 0.741. The van der Waals surface area contributed by atoms with Crippen LogP contribution in [0.1, 0.15) is 36.1 Å². The smallest absolute Gasteiger partial charge is 0.251 e. The molecule has 2 N–H and O–H groups in total. The van der Waals surface area contributed by atoms with E-state index >= 15 is 0 Å². The maximum Gasteiger partial charge on any atom is 0.251 e. The zero-order chi connectivity index (χ0) is 17.1. The molecule has 1 aromatic carbocycles. The lowest BCUT2D eigenvalue weighted by atomic mass is 10.0. The molecule has 0 aliphatic rings. The molecule has 2 heterocycles. The third-order valence-electron chi connectivity index (χ3n) is 3.39. The van der Waals surface area contributed by atoms with Crippen LogP contribution in [0.2, 0.25) is 0 Å². The molecule has 0 saturated heterocycles. The number of benzene rings is 1. The van der Waals surface area contributed by atoms with Gasteiger partial charge in [0.1, 0.15) is 18.2 Å². The highest BCUT2D eigenvalue weighted by atomic mass is 19.1. The Morgan fingerprint density at radius 3 is 2.67 bits per heavy atom. The first-order valence-electron chi connectivity index (χ1n) is 7.30. The number of halogens is 1. The molecular formula is C15H15FN6O2. The van der Waals surface area contributed by atoms with Crippen LogP contribution in [-0.4, -0.2) is 31.2 Å². The van der Waals surface area contributed by atoms with Gasteiger partial charge in [0.05, 0.1) is 0 Å². The van der Waals surface area contributed by atoms with Crippen LogP contribution in [0.5, 0.6) is 0 Å². The minimum atomic E-state index is -0.494. The van der Waals surface area contributed by atoms with Crippen molar-refractivity contribution >= 4 is 5.91 Å². The van der Waals surface area contributed by atoms with Crippen LogP contribution in [0, 0.1) is 11.7 Å². The van der Waals surface area contributed by atoms with Crippen molar-refractivity contribution in [2.24, 2.45) is 5.92 Å². The van der Waals surface area contributed by atoms with Crippen molar-refractivity contribution in [1.29, 1.82) is 0 Å². The van der Waals surface area contributed by atoms with Gasteiger partial charge in [-0.2, -0.15) is 10.1 Å². The molecule has 1 amide bonds. The van der Waals surface area contributed by atoms with Gasteiger partial charge in [-0.3, -0.25) is 9.89 Å². The van der Waals surface area contributed by atoms with E-state index in [9.17, 15) is 9.18 Å². The molecule has 9 heteroatoms. The fourth-order valence-corrected chi connectivity index (χ4v) is 2.11. The molecule has 0 radical (unpaired) electrons. The van der Waals surface area contributed by atoms with Gasteiger partial charge in [-0.05, 0) is 30.2 Å². The highest BCUT2D eigenvalue weighted by Crippen LogP contribution is 2.22. The highest BCUT2D eigenvalue weighted by molar-refractivity contribution is 5.94. The van der Waals surface area contributed by atoms with Crippen molar-refractivity contribution in [2.45, 2.75) is 19.9 Å². The molecule has 1 atom stereocenters. The van der Waals surface area contributed by atoms with Crippen molar-refractivity contribution < 1.29 is 13.7 Å². The fraction of sp³-hybridized carbons (Fsp3) is 0.267. The van der Waals surface area contributed by atoms with E-state index in [0.29, 0.717) is 11.4 Å². The summed E-state index contributed by atoms with van der Waals surface area (Å²) >= 11 is 0. The van der Waals surface area contributed by atoms with Gasteiger partial charge in [0.15, 0.2) is 5.82 Å².